The zero-order chi connectivity index (χ0) is 24.8. The van der Waals surface area contributed by atoms with Crippen LogP contribution in [0.25, 0.3) is 0 Å². The smallest absolute Gasteiger partial charge is 0.299 e. The standard InChI is InChI=1S/C24H32O8S2/c1-18-7-11-21(12-8-18)33(25,26)30-17-20(3)16-24(31-23-6-4-5-15-29-23)32-34(27,28)22-13-9-19(2)10-14-22/h7-14,20,23-24H,4-6,15-17H2,1-3H3/t20-,23?,24-/m0/s1. The van der Waals surface area contributed by atoms with E-state index in [9.17, 15) is 16.8 Å². The molecule has 34 heavy (non-hydrogen) atoms. The molecule has 0 spiro atoms. The Morgan fingerprint density at radius 3 is 1.97 bits per heavy atom. The summed E-state index contributed by atoms with van der Waals surface area (Å²) in [5.74, 6) is -0.387. The molecule has 0 radical (unpaired) electrons. The lowest BCUT2D eigenvalue weighted by atomic mass is 10.1. The second-order valence-electron chi connectivity index (χ2n) is 8.62. The fourth-order valence-corrected chi connectivity index (χ4v) is 5.39. The molecule has 1 heterocycles. The van der Waals surface area contributed by atoms with Crippen molar-refractivity contribution in [3.8, 4) is 0 Å². The van der Waals surface area contributed by atoms with Crippen LogP contribution in [0, 0.1) is 19.8 Å². The molecule has 2 aromatic rings. The summed E-state index contributed by atoms with van der Waals surface area (Å²) in [5.41, 5.74) is 1.85. The minimum absolute atomic E-state index is 0.0158. The zero-order valence-corrected chi connectivity index (χ0v) is 21.3. The van der Waals surface area contributed by atoms with Crippen molar-refractivity contribution in [2.75, 3.05) is 13.2 Å². The first-order chi connectivity index (χ1) is 16.0. The number of benzene rings is 2. The van der Waals surface area contributed by atoms with Crippen molar-refractivity contribution in [1.29, 1.82) is 0 Å². The van der Waals surface area contributed by atoms with Gasteiger partial charge < -0.3 is 9.47 Å². The van der Waals surface area contributed by atoms with Crippen molar-refractivity contribution in [1.82, 2.24) is 0 Å². The highest BCUT2D eigenvalue weighted by Crippen LogP contribution is 2.24. The molecule has 10 heteroatoms. The van der Waals surface area contributed by atoms with Crippen molar-refractivity contribution in [2.45, 2.75) is 68.8 Å². The largest absolute Gasteiger partial charge is 0.353 e. The van der Waals surface area contributed by atoms with E-state index in [2.05, 4.69) is 0 Å². The van der Waals surface area contributed by atoms with Crippen LogP contribution in [0.4, 0.5) is 0 Å². The average Bonchev–Trinajstić information content (AvgIpc) is 2.79. The van der Waals surface area contributed by atoms with E-state index in [1.54, 1.807) is 31.2 Å². The van der Waals surface area contributed by atoms with Crippen LogP contribution in [0.3, 0.4) is 0 Å². The van der Waals surface area contributed by atoms with Gasteiger partial charge in [-0.1, -0.05) is 42.3 Å². The lowest BCUT2D eigenvalue weighted by molar-refractivity contribution is -0.234. The monoisotopic (exact) mass is 512 g/mol. The maximum atomic E-state index is 12.8. The van der Waals surface area contributed by atoms with Crippen LogP contribution < -0.4 is 0 Å². The van der Waals surface area contributed by atoms with Gasteiger partial charge in [-0.15, -0.1) is 0 Å². The topological polar surface area (TPSA) is 105 Å². The summed E-state index contributed by atoms with van der Waals surface area (Å²) >= 11 is 0. The molecule has 1 aliphatic rings. The van der Waals surface area contributed by atoms with Gasteiger partial charge >= 0.3 is 0 Å². The van der Waals surface area contributed by atoms with Gasteiger partial charge in [0.15, 0.2) is 12.6 Å². The molecule has 0 bridgehead atoms. The quantitative estimate of drug-likeness (QED) is 0.324. The Balaban J connectivity index is 1.67. The SMILES string of the molecule is Cc1ccc(S(=O)(=O)OC[C@@H](C)C[C@@H](OC2CCCCO2)OS(=O)(=O)c2ccc(C)cc2)cc1. The minimum atomic E-state index is -4.10. The first-order valence-corrected chi connectivity index (χ1v) is 14.1. The third-order valence-corrected chi connectivity index (χ3v) is 8.01. The summed E-state index contributed by atoms with van der Waals surface area (Å²) in [6.07, 6.45) is 0.779. The maximum Gasteiger partial charge on any atom is 0.299 e. The van der Waals surface area contributed by atoms with Crippen LogP contribution in [0.15, 0.2) is 58.3 Å². The van der Waals surface area contributed by atoms with Gasteiger partial charge in [0.05, 0.1) is 16.4 Å². The van der Waals surface area contributed by atoms with Crippen LogP contribution >= 0.6 is 0 Å². The highest BCUT2D eigenvalue weighted by atomic mass is 32.2. The molecular weight excluding hydrogens is 480 g/mol. The summed E-state index contributed by atoms with van der Waals surface area (Å²) < 4.78 is 72.7. The molecule has 8 nitrogen and oxygen atoms in total. The van der Waals surface area contributed by atoms with Crippen LogP contribution in [-0.2, 0) is 38.1 Å². The molecular formula is C24H32O8S2. The van der Waals surface area contributed by atoms with E-state index in [0.29, 0.717) is 13.0 Å². The van der Waals surface area contributed by atoms with E-state index >= 15 is 0 Å². The molecule has 2 aromatic carbocycles. The molecule has 188 valence electrons. The van der Waals surface area contributed by atoms with Crippen LogP contribution in [0.2, 0.25) is 0 Å². The van der Waals surface area contributed by atoms with Gasteiger partial charge in [0.25, 0.3) is 20.2 Å². The normalized spacial score (nSPS) is 19.0. The molecule has 3 rings (SSSR count). The molecule has 1 saturated heterocycles. The molecule has 1 unspecified atom stereocenters. The second-order valence-corrected chi connectivity index (χ2v) is 11.8. The number of ether oxygens (including phenoxy) is 2. The van der Waals surface area contributed by atoms with E-state index < -0.39 is 32.8 Å². The van der Waals surface area contributed by atoms with E-state index in [1.807, 2.05) is 13.8 Å². The summed E-state index contributed by atoms with van der Waals surface area (Å²) in [5, 5.41) is 0. The first kappa shape index (κ1) is 26.8. The van der Waals surface area contributed by atoms with Gasteiger partial charge in [-0.05, 0) is 63.3 Å². The Morgan fingerprint density at radius 2 is 1.44 bits per heavy atom. The van der Waals surface area contributed by atoms with Gasteiger partial charge in [-0.3, -0.25) is 4.18 Å². The Labute approximate surface area is 202 Å². The maximum absolute atomic E-state index is 12.8. The second kappa shape index (κ2) is 11.7. The highest BCUT2D eigenvalue weighted by molar-refractivity contribution is 7.87. The fraction of sp³-hybridized carbons (Fsp3) is 0.500. The molecule has 1 fully saturated rings. The number of hydrogen-bond acceptors (Lipinski definition) is 8. The molecule has 0 aromatic heterocycles. The molecule has 0 aliphatic carbocycles. The highest BCUT2D eigenvalue weighted by Gasteiger charge is 2.29. The third-order valence-electron chi connectivity index (χ3n) is 5.40. The number of rotatable bonds is 11. The number of aryl methyl sites for hydroxylation is 2. The van der Waals surface area contributed by atoms with Crippen molar-refractivity contribution in [3.05, 3.63) is 59.7 Å². The van der Waals surface area contributed by atoms with Crippen molar-refractivity contribution >= 4 is 20.2 Å². The van der Waals surface area contributed by atoms with Gasteiger partial charge in [-0.25, -0.2) is 4.18 Å². The molecule has 0 amide bonds. The summed E-state index contributed by atoms with van der Waals surface area (Å²) in [6.45, 7) is 5.83. The van der Waals surface area contributed by atoms with Crippen molar-refractivity contribution < 1.29 is 34.7 Å². The first-order valence-electron chi connectivity index (χ1n) is 11.3. The van der Waals surface area contributed by atoms with E-state index in [-0.39, 0.29) is 28.7 Å². The predicted molar refractivity (Wildman–Crippen MR) is 126 cm³/mol. The lowest BCUT2D eigenvalue weighted by Crippen LogP contribution is -2.33. The van der Waals surface area contributed by atoms with Gasteiger partial charge in [0, 0.05) is 13.0 Å². The van der Waals surface area contributed by atoms with Crippen LogP contribution in [0.5, 0.6) is 0 Å². The Hall–Kier alpha value is -1.82. The van der Waals surface area contributed by atoms with Crippen LogP contribution in [-0.4, -0.2) is 42.6 Å². The fourth-order valence-electron chi connectivity index (χ4n) is 3.38. The van der Waals surface area contributed by atoms with Gasteiger partial charge in [0.2, 0.25) is 0 Å². The van der Waals surface area contributed by atoms with Crippen molar-refractivity contribution in [3.63, 3.8) is 0 Å². The molecule has 1 aliphatic heterocycles. The number of hydrogen-bond donors (Lipinski definition) is 0. The zero-order valence-electron chi connectivity index (χ0n) is 19.7. The summed E-state index contributed by atoms with van der Waals surface area (Å²) in [6, 6.07) is 12.7. The molecule has 3 atom stereocenters. The lowest BCUT2D eigenvalue weighted by Gasteiger charge is -2.28. The average molecular weight is 513 g/mol. The Morgan fingerprint density at radius 1 is 0.882 bits per heavy atom. The van der Waals surface area contributed by atoms with Crippen LogP contribution in [0.1, 0.15) is 43.7 Å². The van der Waals surface area contributed by atoms with Gasteiger partial charge in [0.1, 0.15) is 0 Å². The van der Waals surface area contributed by atoms with Gasteiger partial charge in [-0.2, -0.15) is 16.8 Å². The Bertz CT molecular complexity index is 1120. The van der Waals surface area contributed by atoms with E-state index in [0.717, 1.165) is 24.0 Å². The summed E-state index contributed by atoms with van der Waals surface area (Å²) in [7, 11) is -8.04. The predicted octanol–water partition coefficient (Wildman–Crippen LogP) is 4.31. The summed E-state index contributed by atoms with van der Waals surface area (Å²) in [4.78, 5) is 0.0778. The van der Waals surface area contributed by atoms with E-state index in [1.165, 1.54) is 24.3 Å². The third kappa shape index (κ3) is 7.86. The molecule has 0 saturated carbocycles. The molecule has 0 N–H and O–H groups in total. The Kier molecular flexibility index (Phi) is 9.25. The van der Waals surface area contributed by atoms with E-state index in [4.69, 9.17) is 17.8 Å². The van der Waals surface area contributed by atoms with Crippen molar-refractivity contribution in [2.24, 2.45) is 5.92 Å². The minimum Gasteiger partial charge on any atom is -0.353 e.